The average Bonchev–Trinajstić information content (AvgIpc) is 2.79. The van der Waals surface area contributed by atoms with Crippen molar-refractivity contribution in [1.82, 2.24) is 9.97 Å². The smallest absolute Gasteiger partial charge is 0.0886 e. The average molecular weight is 377 g/mol. The van der Waals surface area contributed by atoms with Crippen LogP contribution in [0.5, 0.6) is 0 Å². The minimum Gasteiger partial charge on any atom is -0.253 e. The summed E-state index contributed by atoms with van der Waals surface area (Å²) < 4.78 is 0. The zero-order valence-corrected chi connectivity index (χ0v) is 16.5. The SMILES string of the molecule is C(=Cc1nccnc1C=Cc1ccccc1)c1ccccc1.Cc1ccccc1. The molecule has 2 heteroatoms. The monoisotopic (exact) mass is 376 g/mol. The van der Waals surface area contributed by atoms with E-state index in [0.29, 0.717) is 0 Å². The first-order chi connectivity index (χ1) is 14.3. The fraction of sp³-hybridized carbons (Fsp3) is 0.0370. The topological polar surface area (TPSA) is 25.8 Å². The van der Waals surface area contributed by atoms with Crippen LogP contribution in [0.4, 0.5) is 0 Å². The van der Waals surface area contributed by atoms with E-state index in [1.165, 1.54) is 5.56 Å². The molecular weight excluding hydrogens is 352 g/mol. The molecule has 0 spiro atoms. The number of nitrogens with zero attached hydrogens (tertiary/aromatic N) is 2. The summed E-state index contributed by atoms with van der Waals surface area (Å²) in [5.41, 5.74) is 5.33. The second-order valence-corrected chi connectivity index (χ2v) is 6.47. The minimum atomic E-state index is 0.860. The van der Waals surface area contributed by atoms with Crippen LogP contribution in [-0.4, -0.2) is 9.97 Å². The van der Waals surface area contributed by atoms with Crippen LogP contribution in [0.2, 0.25) is 0 Å². The number of aromatic nitrogens is 2. The molecule has 0 bridgehead atoms. The predicted molar refractivity (Wildman–Crippen MR) is 124 cm³/mol. The van der Waals surface area contributed by atoms with Crippen molar-refractivity contribution in [2.75, 3.05) is 0 Å². The Balaban J connectivity index is 0.000000290. The maximum atomic E-state index is 4.41. The molecule has 0 atom stereocenters. The fourth-order valence-corrected chi connectivity index (χ4v) is 2.63. The first-order valence-electron chi connectivity index (χ1n) is 9.60. The van der Waals surface area contributed by atoms with E-state index in [4.69, 9.17) is 0 Å². The van der Waals surface area contributed by atoms with E-state index < -0.39 is 0 Å². The number of hydrogen-bond acceptors (Lipinski definition) is 2. The van der Waals surface area contributed by atoms with E-state index >= 15 is 0 Å². The highest BCUT2D eigenvalue weighted by atomic mass is 14.8. The molecule has 0 aliphatic rings. The molecule has 0 amide bonds. The Morgan fingerprint density at radius 1 is 0.483 bits per heavy atom. The summed E-state index contributed by atoms with van der Waals surface area (Å²) >= 11 is 0. The number of benzene rings is 3. The van der Waals surface area contributed by atoms with Gasteiger partial charge in [-0.05, 0) is 30.2 Å². The summed E-state index contributed by atoms with van der Waals surface area (Å²) in [5.74, 6) is 0. The largest absolute Gasteiger partial charge is 0.253 e. The Labute approximate surface area is 172 Å². The maximum Gasteiger partial charge on any atom is 0.0886 e. The molecule has 2 nitrogen and oxygen atoms in total. The van der Waals surface area contributed by atoms with Crippen LogP contribution in [0.25, 0.3) is 24.3 Å². The normalized spacial score (nSPS) is 10.7. The second kappa shape index (κ2) is 11.2. The van der Waals surface area contributed by atoms with Crippen LogP contribution < -0.4 is 0 Å². The molecule has 0 fully saturated rings. The molecular formula is C27H24N2. The van der Waals surface area contributed by atoms with E-state index in [1.54, 1.807) is 12.4 Å². The van der Waals surface area contributed by atoms with Gasteiger partial charge < -0.3 is 0 Å². The number of rotatable bonds is 4. The van der Waals surface area contributed by atoms with Gasteiger partial charge in [0, 0.05) is 12.4 Å². The van der Waals surface area contributed by atoms with Crippen molar-refractivity contribution in [3.05, 3.63) is 131 Å². The maximum absolute atomic E-state index is 4.41. The molecule has 3 aromatic carbocycles. The van der Waals surface area contributed by atoms with Crippen molar-refractivity contribution in [3.8, 4) is 0 Å². The molecule has 0 aliphatic heterocycles. The van der Waals surface area contributed by atoms with Crippen LogP contribution in [0.1, 0.15) is 28.1 Å². The van der Waals surface area contributed by atoms with E-state index in [2.05, 4.69) is 53.3 Å². The quantitative estimate of drug-likeness (QED) is 0.391. The Hall–Kier alpha value is -3.78. The van der Waals surface area contributed by atoms with Gasteiger partial charge >= 0.3 is 0 Å². The summed E-state index contributed by atoms with van der Waals surface area (Å²) in [4.78, 5) is 8.81. The highest BCUT2D eigenvalue weighted by molar-refractivity contribution is 5.76. The molecule has 0 saturated carbocycles. The van der Waals surface area contributed by atoms with Gasteiger partial charge in [-0.25, -0.2) is 0 Å². The van der Waals surface area contributed by atoms with Gasteiger partial charge in [0.25, 0.3) is 0 Å². The molecule has 0 unspecified atom stereocenters. The summed E-state index contributed by atoms with van der Waals surface area (Å²) in [7, 11) is 0. The number of aryl methyl sites for hydroxylation is 1. The summed E-state index contributed by atoms with van der Waals surface area (Å²) in [5, 5.41) is 0. The lowest BCUT2D eigenvalue weighted by Crippen LogP contribution is -1.89. The van der Waals surface area contributed by atoms with Crippen LogP contribution in [0, 0.1) is 6.92 Å². The lowest BCUT2D eigenvalue weighted by molar-refractivity contribution is 1.16. The molecule has 0 radical (unpaired) electrons. The zero-order valence-electron chi connectivity index (χ0n) is 16.5. The van der Waals surface area contributed by atoms with Gasteiger partial charge in [0.05, 0.1) is 11.4 Å². The van der Waals surface area contributed by atoms with Crippen LogP contribution in [0.3, 0.4) is 0 Å². The fourth-order valence-electron chi connectivity index (χ4n) is 2.63. The van der Waals surface area contributed by atoms with E-state index in [9.17, 15) is 0 Å². The van der Waals surface area contributed by atoms with Crippen molar-refractivity contribution in [1.29, 1.82) is 0 Å². The third kappa shape index (κ3) is 7.04. The molecule has 4 aromatic rings. The van der Waals surface area contributed by atoms with E-state index in [-0.39, 0.29) is 0 Å². The number of hydrogen-bond donors (Lipinski definition) is 0. The van der Waals surface area contributed by atoms with Crippen LogP contribution >= 0.6 is 0 Å². The van der Waals surface area contributed by atoms with Crippen molar-refractivity contribution in [2.24, 2.45) is 0 Å². The molecule has 1 heterocycles. The zero-order chi connectivity index (χ0) is 20.2. The summed E-state index contributed by atoms with van der Waals surface area (Å²) in [6, 6.07) is 30.6. The third-order valence-electron chi connectivity index (χ3n) is 4.16. The van der Waals surface area contributed by atoms with Gasteiger partial charge in [0.15, 0.2) is 0 Å². The minimum absolute atomic E-state index is 0.860. The molecule has 1 aromatic heterocycles. The first kappa shape index (κ1) is 20.0. The van der Waals surface area contributed by atoms with E-state index in [0.717, 1.165) is 22.5 Å². The third-order valence-corrected chi connectivity index (χ3v) is 4.16. The Kier molecular flexibility index (Phi) is 7.68. The van der Waals surface area contributed by atoms with Crippen LogP contribution in [-0.2, 0) is 0 Å². The van der Waals surface area contributed by atoms with Gasteiger partial charge in [0.1, 0.15) is 0 Å². The highest BCUT2D eigenvalue weighted by Crippen LogP contribution is 2.12. The van der Waals surface area contributed by atoms with Gasteiger partial charge in [-0.1, -0.05) is 109 Å². The Morgan fingerprint density at radius 2 is 0.862 bits per heavy atom. The molecule has 4 rings (SSSR count). The molecule has 0 aliphatic carbocycles. The molecule has 0 N–H and O–H groups in total. The predicted octanol–water partition coefficient (Wildman–Crippen LogP) is 6.81. The van der Waals surface area contributed by atoms with Gasteiger partial charge in [0.2, 0.25) is 0 Å². The Bertz CT molecular complexity index is 969. The van der Waals surface area contributed by atoms with Crippen LogP contribution in [0.15, 0.2) is 103 Å². The molecule has 29 heavy (non-hydrogen) atoms. The van der Waals surface area contributed by atoms with Crippen molar-refractivity contribution < 1.29 is 0 Å². The highest BCUT2D eigenvalue weighted by Gasteiger charge is 1.98. The van der Waals surface area contributed by atoms with Gasteiger partial charge in [-0.3, -0.25) is 9.97 Å². The van der Waals surface area contributed by atoms with Crippen molar-refractivity contribution in [3.63, 3.8) is 0 Å². The lowest BCUT2D eigenvalue weighted by Gasteiger charge is -1.99. The lowest BCUT2D eigenvalue weighted by atomic mass is 10.1. The van der Waals surface area contributed by atoms with E-state index in [1.807, 2.05) is 78.9 Å². The molecule has 142 valence electrons. The Morgan fingerprint density at radius 3 is 1.21 bits per heavy atom. The van der Waals surface area contributed by atoms with Crippen molar-refractivity contribution >= 4 is 24.3 Å². The second-order valence-electron chi connectivity index (χ2n) is 6.47. The summed E-state index contributed by atoms with van der Waals surface area (Å²) in [6.45, 7) is 2.08. The van der Waals surface area contributed by atoms with Gasteiger partial charge in [-0.15, -0.1) is 0 Å². The summed E-state index contributed by atoms with van der Waals surface area (Å²) in [6.07, 6.45) is 11.5. The first-order valence-corrected chi connectivity index (χ1v) is 9.60. The standard InChI is InChI=1S/C20H16N2.C7H8/c1-3-7-17(8-4-1)11-13-19-20(22-16-15-21-19)14-12-18-9-5-2-6-10-18;1-7-5-3-2-4-6-7/h1-16H;2-6H,1H3. The van der Waals surface area contributed by atoms with Gasteiger partial charge in [-0.2, -0.15) is 0 Å². The molecule has 0 saturated heterocycles. The van der Waals surface area contributed by atoms with Crippen molar-refractivity contribution in [2.45, 2.75) is 6.92 Å².